The van der Waals surface area contributed by atoms with Gasteiger partial charge in [-0.25, -0.2) is 14.4 Å². The Hall–Kier alpha value is -3.70. The quantitative estimate of drug-likeness (QED) is 0.371. The predicted molar refractivity (Wildman–Crippen MR) is 125 cm³/mol. The number of nitrogens with two attached hydrogens (primary N) is 1. The molecule has 10 nitrogen and oxygen atoms in total. The molecule has 0 fully saturated rings. The van der Waals surface area contributed by atoms with Crippen molar-refractivity contribution in [3.05, 3.63) is 54.3 Å². The molecule has 3 heterocycles. The van der Waals surface area contributed by atoms with E-state index < -0.39 is 5.82 Å². The molecule has 4 rings (SSSR count). The van der Waals surface area contributed by atoms with E-state index in [-0.39, 0.29) is 0 Å². The van der Waals surface area contributed by atoms with Crippen LogP contribution >= 0.6 is 0 Å². The number of methoxy groups -OCH3 is 1. The number of halogens is 1. The second-order valence-electron chi connectivity index (χ2n) is 6.30. The standard InChI is InChI=1S/C18H15FN6O2.C2H8N2.C2H6/c1-10-24-16(25-27-10)8-21-18-13-5-11(14-4-3-12(19)7-20-14)6-15(26-2)17(13)22-9-23-18;1-4-2-3;1-2/h3-7,9H,8H2,1-2H3,(H,21,22,23);4H,2-3H2,1H3;1-2H3. The van der Waals surface area contributed by atoms with E-state index in [0.29, 0.717) is 47.7 Å². The second kappa shape index (κ2) is 13.0. The normalized spacial score (nSPS) is 10.0. The Bertz CT molecular complexity index is 1130. The van der Waals surface area contributed by atoms with Crippen LogP contribution in [0, 0.1) is 12.7 Å². The van der Waals surface area contributed by atoms with Gasteiger partial charge in [0.25, 0.3) is 0 Å². The lowest BCUT2D eigenvalue weighted by molar-refractivity contribution is 0.388. The van der Waals surface area contributed by atoms with Gasteiger partial charge in [-0.1, -0.05) is 19.0 Å². The van der Waals surface area contributed by atoms with E-state index in [1.54, 1.807) is 27.1 Å². The first kappa shape index (κ1) is 25.6. The number of ether oxygens (including phenoxy) is 1. The summed E-state index contributed by atoms with van der Waals surface area (Å²) in [4.78, 5) is 16.9. The van der Waals surface area contributed by atoms with Gasteiger partial charge in [0, 0.05) is 24.5 Å². The molecular formula is C22H29FN8O2. The van der Waals surface area contributed by atoms with Crippen LogP contribution in [0.25, 0.3) is 22.2 Å². The highest BCUT2D eigenvalue weighted by Crippen LogP contribution is 2.33. The van der Waals surface area contributed by atoms with Crippen molar-refractivity contribution in [2.45, 2.75) is 27.3 Å². The van der Waals surface area contributed by atoms with Crippen LogP contribution in [0.15, 0.2) is 41.3 Å². The highest BCUT2D eigenvalue weighted by molar-refractivity contribution is 5.96. The molecule has 11 heteroatoms. The second-order valence-corrected chi connectivity index (χ2v) is 6.30. The van der Waals surface area contributed by atoms with E-state index in [2.05, 4.69) is 35.7 Å². The lowest BCUT2D eigenvalue weighted by atomic mass is 10.1. The van der Waals surface area contributed by atoms with Crippen LogP contribution < -0.4 is 21.1 Å². The highest BCUT2D eigenvalue weighted by atomic mass is 19.1. The fourth-order valence-corrected chi connectivity index (χ4v) is 2.70. The van der Waals surface area contributed by atoms with Crippen LogP contribution in [0.2, 0.25) is 0 Å². The van der Waals surface area contributed by atoms with Gasteiger partial charge in [0.1, 0.15) is 29.2 Å². The first-order valence-electron chi connectivity index (χ1n) is 10.4. The monoisotopic (exact) mass is 456 g/mol. The molecule has 0 bridgehead atoms. The number of aromatic nitrogens is 5. The molecule has 0 saturated carbocycles. The van der Waals surface area contributed by atoms with Crippen LogP contribution in [-0.4, -0.2) is 45.9 Å². The molecule has 1 aromatic carbocycles. The predicted octanol–water partition coefficient (Wildman–Crippen LogP) is 3.29. The minimum absolute atomic E-state index is 0.338. The van der Waals surface area contributed by atoms with Crippen LogP contribution in [-0.2, 0) is 6.54 Å². The maximum atomic E-state index is 13.2. The van der Waals surface area contributed by atoms with Gasteiger partial charge in [0.2, 0.25) is 5.89 Å². The average Bonchev–Trinajstić information content (AvgIpc) is 3.28. The molecule has 0 unspecified atom stereocenters. The van der Waals surface area contributed by atoms with Gasteiger partial charge in [-0.05, 0) is 31.3 Å². The zero-order valence-corrected chi connectivity index (χ0v) is 19.4. The number of rotatable bonds is 6. The van der Waals surface area contributed by atoms with Crippen LogP contribution in [0.4, 0.5) is 10.2 Å². The zero-order chi connectivity index (χ0) is 24.2. The Balaban J connectivity index is 0.000000582. The number of fused-ring (bicyclic) bond motifs is 1. The maximum absolute atomic E-state index is 13.2. The summed E-state index contributed by atoms with van der Waals surface area (Å²) >= 11 is 0. The fourth-order valence-electron chi connectivity index (χ4n) is 2.70. The zero-order valence-electron chi connectivity index (χ0n) is 19.4. The number of hydrogen-bond donors (Lipinski definition) is 3. The fraction of sp³-hybridized carbons (Fsp3) is 0.318. The Morgan fingerprint density at radius 1 is 1.15 bits per heavy atom. The molecule has 0 aliphatic rings. The van der Waals surface area contributed by atoms with Crippen molar-refractivity contribution in [2.24, 2.45) is 5.73 Å². The topological polar surface area (TPSA) is 137 Å². The molecule has 0 aliphatic carbocycles. The van der Waals surface area contributed by atoms with Crippen molar-refractivity contribution in [3.8, 4) is 17.0 Å². The van der Waals surface area contributed by atoms with Gasteiger partial charge >= 0.3 is 0 Å². The number of nitrogens with zero attached hydrogens (tertiary/aromatic N) is 5. The first-order valence-corrected chi connectivity index (χ1v) is 10.4. The Kier molecular flexibility index (Phi) is 10.1. The molecule has 33 heavy (non-hydrogen) atoms. The van der Waals surface area contributed by atoms with Gasteiger partial charge in [0.15, 0.2) is 5.82 Å². The van der Waals surface area contributed by atoms with E-state index in [4.69, 9.17) is 15.0 Å². The number of anilines is 1. The van der Waals surface area contributed by atoms with E-state index in [0.717, 1.165) is 10.9 Å². The third kappa shape index (κ3) is 6.89. The molecular weight excluding hydrogens is 427 g/mol. The SMILES string of the molecule is CC.CNCN.COc1cc(-c2ccc(F)cn2)cc2c(NCc3noc(C)n3)ncnc12. The summed E-state index contributed by atoms with van der Waals surface area (Å²) in [5.74, 6) is 1.76. The van der Waals surface area contributed by atoms with Gasteiger partial charge in [0.05, 0.1) is 25.5 Å². The van der Waals surface area contributed by atoms with Crippen molar-refractivity contribution >= 4 is 16.7 Å². The summed E-state index contributed by atoms with van der Waals surface area (Å²) in [6, 6.07) is 6.65. The third-order valence-corrected chi connectivity index (χ3v) is 4.13. The average molecular weight is 457 g/mol. The minimum Gasteiger partial charge on any atom is -0.494 e. The molecule has 0 radical (unpaired) electrons. The van der Waals surface area contributed by atoms with E-state index >= 15 is 0 Å². The van der Waals surface area contributed by atoms with Crippen molar-refractivity contribution < 1.29 is 13.7 Å². The summed E-state index contributed by atoms with van der Waals surface area (Å²) in [5.41, 5.74) is 6.93. The van der Waals surface area contributed by atoms with Crippen molar-refractivity contribution in [1.82, 2.24) is 30.4 Å². The van der Waals surface area contributed by atoms with E-state index in [1.807, 2.05) is 26.0 Å². The summed E-state index contributed by atoms with van der Waals surface area (Å²) in [5, 5.41) is 10.5. The molecule has 0 spiro atoms. The van der Waals surface area contributed by atoms with Crippen molar-refractivity contribution in [3.63, 3.8) is 0 Å². The number of aryl methyl sites for hydroxylation is 1. The number of benzene rings is 1. The molecule has 4 aromatic rings. The molecule has 4 N–H and O–H groups in total. The minimum atomic E-state index is -0.396. The van der Waals surface area contributed by atoms with Gasteiger partial charge in [-0.3, -0.25) is 4.98 Å². The van der Waals surface area contributed by atoms with Crippen LogP contribution in [0.3, 0.4) is 0 Å². The van der Waals surface area contributed by atoms with Gasteiger partial charge in [-0.15, -0.1) is 0 Å². The maximum Gasteiger partial charge on any atom is 0.223 e. The lowest BCUT2D eigenvalue weighted by Crippen LogP contribution is -2.15. The third-order valence-electron chi connectivity index (χ3n) is 4.13. The van der Waals surface area contributed by atoms with Crippen LogP contribution in [0.1, 0.15) is 25.6 Å². The summed E-state index contributed by atoms with van der Waals surface area (Å²) < 4.78 is 23.6. The Morgan fingerprint density at radius 3 is 2.48 bits per heavy atom. The molecule has 0 amide bonds. The largest absolute Gasteiger partial charge is 0.494 e. The van der Waals surface area contributed by atoms with E-state index in [9.17, 15) is 4.39 Å². The van der Waals surface area contributed by atoms with Gasteiger partial charge < -0.3 is 25.6 Å². The smallest absolute Gasteiger partial charge is 0.223 e. The lowest BCUT2D eigenvalue weighted by Gasteiger charge is -2.11. The molecule has 176 valence electrons. The number of pyridine rings is 1. The van der Waals surface area contributed by atoms with Gasteiger partial charge in [-0.2, -0.15) is 4.98 Å². The summed E-state index contributed by atoms with van der Waals surface area (Å²) in [7, 11) is 3.37. The number of hydrogen-bond acceptors (Lipinski definition) is 10. The van der Waals surface area contributed by atoms with Crippen LogP contribution in [0.5, 0.6) is 5.75 Å². The molecule has 0 saturated heterocycles. The molecule has 0 aliphatic heterocycles. The Morgan fingerprint density at radius 2 is 1.91 bits per heavy atom. The summed E-state index contributed by atoms with van der Waals surface area (Å²) in [6.45, 7) is 6.63. The molecule has 3 aromatic heterocycles. The first-order chi connectivity index (χ1) is 16.0. The van der Waals surface area contributed by atoms with E-state index in [1.165, 1.54) is 18.6 Å². The van der Waals surface area contributed by atoms with Crippen molar-refractivity contribution in [2.75, 3.05) is 26.1 Å². The van der Waals surface area contributed by atoms with Crippen molar-refractivity contribution in [1.29, 1.82) is 0 Å². The molecule has 0 atom stereocenters. The number of nitrogens with one attached hydrogen (secondary N) is 2. The summed E-state index contributed by atoms with van der Waals surface area (Å²) in [6.07, 6.45) is 2.62. The Labute approximate surface area is 191 Å². The highest BCUT2D eigenvalue weighted by Gasteiger charge is 2.13.